The van der Waals surface area contributed by atoms with Crippen LogP contribution in [0.2, 0.25) is 0 Å². The molecule has 0 bridgehead atoms. The van der Waals surface area contributed by atoms with Gasteiger partial charge in [-0.3, -0.25) is 9.59 Å². The average molecular weight is 530 g/mol. The first-order valence-electron chi connectivity index (χ1n) is 11.0. The highest BCUT2D eigenvalue weighted by atomic mass is 19.3. The van der Waals surface area contributed by atoms with Crippen molar-refractivity contribution in [3.63, 3.8) is 0 Å². The molecule has 1 unspecified atom stereocenters. The molecule has 1 aromatic heterocycles. The van der Waals surface area contributed by atoms with Gasteiger partial charge in [0.2, 0.25) is 0 Å². The number of fused-ring (bicyclic) bond motifs is 1. The molecule has 3 rings (SSSR count). The fourth-order valence-corrected chi connectivity index (χ4v) is 2.94. The number of nitrogens with zero attached hydrogens (tertiary/aromatic N) is 2. The summed E-state index contributed by atoms with van der Waals surface area (Å²) in [7, 11) is 0. The third-order valence-corrected chi connectivity index (χ3v) is 4.92. The zero-order chi connectivity index (χ0) is 28.5. The number of carboxylic acid groups (broad SMARTS) is 2. The summed E-state index contributed by atoms with van der Waals surface area (Å²) in [5.74, 6) is -6.77. The molecule has 0 fully saturated rings. The Balaban J connectivity index is 0.000000638. The maximum atomic E-state index is 12.4. The maximum Gasteiger partial charge on any atom is 0.374 e. The van der Waals surface area contributed by atoms with Crippen molar-refractivity contribution >= 4 is 28.6 Å². The van der Waals surface area contributed by atoms with Gasteiger partial charge in [-0.1, -0.05) is 18.2 Å². The zero-order valence-corrected chi connectivity index (χ0v) is 20.0. The van der Waals surface area contributed by atoms with E-state index >= 15 is 0 Å². The van der Waals surface area contributed by atoms with Crippen LogP contribution in [0.5, 0.6) is 17.2 Å². The number of pyridine rings is 1. The fourth-order valence-electron chi connectivity index (χ4n) is 2.94. The van der Waals surface area contributed by atoms with Gasteiger partial charge in [-0.15, -0.1) is 0 Å². The number of ether oxygens (including phenoxy) is 1. The second-order valence-corrected chi connectivity index (χ2v) is 7.93. The van der Waals surface area contributed by atoms with E-state index in [0.29, 0.717) is 30.2 Å². The lowest BCUT2D eigenvalue weighted by molar-refractivity contribution is -0.161. The molecule has 2 aromatic carbocycles. The Hall–Kier alpha value is -4.83. The van der Waals surface area contributed by atoms with Crippen molar-refractivity contribution in [1.29, 1.82) is 5.26 Å². The van der Waals surface area contributed by atoms with Gasteiger partial charge in [-0.05, 0) is 43.2 Å². The minimum atomic E-state index is -3.58. The topological polar surface area (TPSA) is 196 Å². The van der Waals surface area contributed by atoms with Gasteiger partial charge < -0.3 is 31.1 Å². The number of rotatable bonds is 9. The molecule has 0 aliphatic rings. The van der Waals surface area contributed by atoms with E-state index < -0.39 is 29.8 Å². The summed E-state index contributed by atoms with van der Waals surface area (Å²) >= 11 is 0. The van der Waals surface area contributed by atoms with E-state index in [1.807, 2.05) is 24.3 Å². The van der Waals surface area contributed by atoms with Gasteiger partial charge in [0.05, 0.1) is 0 Å². The number of aromatic hydroxyl groups is 1. The summed E-state index contributed by atoms with van der Waals surface area (Å²) in [4.78, 5) is 36.5. The number of carbonyl (C=O) groups is 3. The molecular formula is C25H24F2N4O7. The normalized spacial score (nSPS) is 11.4. The highest BCUT2D eigenvalue weighted by molar-refractivity contribution is 6.03. The van der Waals surface area contributed by atoms with Crippen molar-refractivity contribution in [1.82, 2.24) is 10.3 Å². The summed E-state index contributed by atoms with van der Waals surface area (Å²) in [6, 6.07) is 14.7. The molecule has 1 atom stereocenters. The number of hydrogen-bond acceptors (Lipinski definition) is 8. The molecule has 1 amide bonds. The van der Waals surface area contributed by atoms with Crippen LogP contribution < -0.4 is 15.8 Å². The highest BCUT2D eigenvalue weighted by Gasteiger charge is 2.31. The highest BCUT2D eigenvalue weighted by Crippen LogP contribution is 2.33. The summed E-state index contributed by atoms with van der Waals surface area (Å²) < 4.78 is 28.2. The number of aromatic nitrogens is 1. The van der Waals surface area contributed by atoms with Crippen molar-refractivity contribution in [2.45, 2.75) is 31.7 Å². The first kappa shape index (κ1) is 29.4. The van der Waals surface area contributed by atoms with Crippen LogP contribution in [0.3, 0.4) is 0 Å². The maximum absolute atomic E-state index is 12.4. The number of amides is 1. The lowest BCUT2D eigenvalue weighted by Crippen LogP contribution is -2.32. The molecule has 200 valence electrons. The molecule has 0 spiro atoms. The second-order valence-electron chi connectivity index (χ2n) is 7.93. The molecule has 11 nitrogen and oxygen atoms in total. The van der Waals surface area contributed by atoms with E-state index in [9.17, 15) is 33.5 Å². The van der Waals surface area contributed by atoms with Gasteiger partial charge in [-0.2, -0.15) is 14.0 Å². The van der Waals surface area contributed by atoms with E-state index in [1.165, 1.54) is 0 Å². The van der Waals surface area contributed by atoms with Gasteiger partial charge in [-0.25, -0.2) is 9.78 Å². The van der Waals surface area contributed by atoms with Crippen molar-refractivity contribution in [3.8, 4) is 23.3 Å². The fraction of sp³-hybridized carbons (Fsp3) is 0.240. The predicted molar refractivity (Wildman–Crippen MR) is 130 cm³/mol. The van der Waals surface area contributed by atoms with E-state index in [2.05, 4.69) is 10.3 Å². The smallest absolute Gasteiger partial charge is 0.374 e. The molecular weight excluding hydrogens is 506 g/mol. The van der Waals surface area contributed by atoms with E-state index in [1.54, 1.807) is 30.3 Å². The summed E-state index contributed by atoms with van der Waals surface area (Å²) in [5, 5.41) is 39.5. The van der Waals surface area contributed by atoms with Crippen LogP contribution in [0.1, 0.15) is 35.9 Å². The third kappa shape index (κ3) is 8.10. The molecule has 13 heteroatoms. The molecule has 38 heavy (non-hydrogen) atoms. The molecule has 6 N–H and O–H groups in total. The van der Waals surface area contributed by atoms with Crippen molar-refractivity contribution < 1.29 is 43.2 Å². The predicted octanol–water partition coefficient (Wildman–Crippen LogP) is 3.25. The number of nitrogens with one attached hydrogen (secondary N) is 1. The number of nitriles is 1. The number of aliphatic carboxylic acids is 2. The van der Waals surface area contributed by atoms with Gasteiger partial charge in [0.15, 0.2) is 11.4 Å². The second kappa shape index (κ2) is 12.9. The Kier molecular flexibility index (Phi) is 10.0. The minimum Gasteiger partial charge on any atom is -0.505 e. The van der Waals surface area contributed by atoms with Crippen LogP contribution in [0.25, 0.3) is 10.8 Å². The number of alkyl halides is 2. The van der Waals surface area contributed by atoms with E-state index in [-0.39, 0.29) is 35.5 Å². The molecule has 0 aliphatic heterocycles. The SMILES string of the molecule is CC(F)(F)C(=O)O.N#Cc1nc(C(=O)NCCCC(N)C(=O)O)c(O)c2ccc(Oc3ccccc3)cc12. The first-order valence-corrected chi connectivity index (χ1v) is 11.0. The van der Waals surface area contributed by atoms with Crippen LogP contribution in [0.4, 0.5) is 8.78 Å². The Labute approximate surface area is 215 Å². The van der Waals surface area contributed by atoms with E-state index in [0.717, 1.165) is 0 Å². The number of carbonyl (C=O) groups excluding carboxylic acids is 1. The molecule has 1 heterocycles. The number of nitrogens with two attached hydrogens (primary N) is 1. The van der Waals surface area contributed by atoms with Gasteiger partial charge in [0, 0.05) is 24.2 Å². The summed E-state index contributed by atoms with van der Waals surface area (Å²) in [6.45, 7) is 0.472. The quantitative estimate of drug-likeness (QED) is 0.256. The Morgan fingerprint density at radius 2 is 1.76 bits per heavy atom. The number of halogens is 2. The minimum absolute atomic E-state index is 0.0376. The van der Waals surface area contributed by atoms with Gasteiger partial charge in [0.1, 0.15) is 29.3 Å². The van der Waals surface area contributed by atoms with Crippen LogP contribution in [0.15, 0.2) is 48.5 Å². The van der Waals surface area contributed by atoms with Crippen LogP contribution in [-0.2, 0) is 9.59 Å². The van der Waals surface area contributed by atoms with Crippen LogP contribution in [-0.4, -0.2) is 56.7 Å². The number of hydrogen-bond donors (Lipinski definition) is 5. The number of carboxylic acids is 2. The van der Waals surface area contributed by atoms with Gasteiger partial charge >= 0.3 is 17.9 Å². The lowest BCUT2D eigenvalue weighted by Gasteiger charge is -2.12. The molecule has 0 aliphatic carbocycles. The third-order valence-electron chi connectivity index (χ3n) is 4.92. The molecule has 0 radical (unpaired) electrons. The Bertz CT molecular complexity index is 1360. The zero-order valence-electron chi connectivity index (χ0n) is 20.0. The molecule has 3 aromatic rings. The van der Waals surface area contributed by atoms with Crippen LogP contribution in [0, 0.1) is 11.3 Å². The standard InChI is InChI=1S/C22H20N4O5.C3H4F2O2/c23-12-18-16-11-14(31-13-5-2-1-3-6-13)8-9-15(16)20(27)19(26-18)21(28)25-10-4-7-17(24)22(29)30;1-3(4,5)2(6)7/h1-3,5-6,8-9,11,17,27H,4,7,10,24H2,(H,25,28)(H,29,30);1H3,(H,6,7). The summed E-state index contributed by atoms with van der Waals surface area (Å²) in [6.07, 6.45) is 0.513. The molecule has 0 saturated heterocycles. The number of para-hydroxylation sites is 1. The van der Waals surface area contributed by atoms with E-state index in [4.69, 9.17) is 20.7 Å². The largest absolute Gasteiger partial charge is 0.505 e. The lowest BCUT2D eigenvalue weighted by atomic mass is 10.1. The average Bonchev–Trinajstić information content (AvgIpc) is 2.87. The summed E-state index contributed by atoms with van der Waals surface area (Å²) in [5.41, 5.74) is 5.09. The van der Waals surface area contributed by atoms with Crippen LogP contribution >= 0.6 is 0 Å². The monoisotopic (exact) mass is 530 g/mol. The number of benzene rings is 2. The first-order chi connectivity index (χ1) is 17.8. The Morgan fingerprint density at radius 3 is 2.32 bits per heavy atom. The van der Waals surface area contributed by atoms with Gasteiger partial charge in [0.25, 0.3) is 5.91 Å². The molecule has 0 saturated carbocycles. The van der Waals surface area contributed by atoms with Crippen molar-refractivity contribution in [2.24, 2.45) is 5.73 Å². The van der Waals surface area contributed by atoms with Crippen molar-refractivity contribution in [2.75, 3.05) is 6.54 Å². The van der Waals surface area contributed by atoms with Crippen molar-refractivity contribution in [3.05, 3.63) is 59.9 Å². The Morgan fingerprint density at radius 1 is 1.13 bits per heavy atom.